The minimum Gasteiger partial charge on any atom is -0.463 e. The summed E-state index contributed by atoms with van der Waals surface area (Å²) in [5.41, 5.74) is -1.41. The molecule has 52 heavy (non-hydrogen) atoms. The number of carbonyl (C=O) groups is 2. The molecule has 0 aliphatic carbocycles. The molecule has 0 saturated carbocycles. The summed E-state index contributed by atoms with van der Waals surface area (Å²) in [6, 6.07) is 0. The Labute approximate surface area is 310 Å². The van der Waals surface area contributed by atoms with Gasteiger partial charge in [-0.15, -0.1) is 0 Å². The number of hydrogen-bond acceptors (Lipinski definition) is 12. The molecule has 0 aromatic rings. The third-order valence-corrected chi connectivity index (χ3v) is 13.1. The molecular weight excluding hydrogens is 672 g/mol. The molecule has 12 atom stereocenters. The number of esters is 2. The van der Waals surface area contributed by atoms with Crippen LogP contribution >= 0.6 is 0 Å². The van der Waals surface area contributed by atoms with E-state index in [0.29, 0.717) is 25.4 Å². The van der Waals surface area contributed by atoms with E-state index in [2.05, 4.69) is 48.5 Å². The van der Waals surface area contributed by atoms with Crippen LogP contribution in [0.15, 0.2) is 0 Å². The first-order chi connectivity index (χ1) is 24.4. The van der Waals surface area contributed by atoms with Crippen molar-refractivity contribution in [1.29, 1.82) is 0 Å². The van der Waals surface area contributed by atoms with Crippen LogP contribution in [0.4, 0.5) is 0 Å². The van der Waals surface area contributed by atoms with Crippen molar-refractivity contribution in [1.82, 2.24) is 0 Å². The second-order valence-electron chi connectivity index (χ2n) is 18.3. The van der Waals surface area contributed by atoms with E-state index in [9.17, 15) is 9.59 Å². The lowest BCUT2D eigenvalue weighted by Gasteiger charge is -2.45. The lowest BCUT2D eigenvalue weighted by molar-refractivity contribution is -0.204. The highest BCUT2D eigenvalue weighted by Gasteiger charge is 2.61. The zero-order valence-corrected chi connectivity index (χ0v) is 33.4. The molecule has 0 radical (unpaired) electrons. The number of epoxide rings is 5. The van der Waals surface area contributed by atoms with Crippen molar-refractivity contribution in [2.75, 3.05) is 40.6 Å². The number of carbonyl (C=O) groups excluding carboxylic acids is 2. The second-order valence-corrected chi connectivity index (χ2v) is 18.3. The Kier molecular flexibility index (Phi) is 11.6. The zero-order chi connectivity index (χ0) is 37.7. The summed E-state index contributed by atoms with van der Waals surface area (Å²) in [5.74, 6) is -2.51. The molecule has 0 spiro atoms. The summed E-state index contributed by atoms with van der Waals surface area (Å²) in [6.45, 7) is 17.8. The lowest BCUT2D eigenvalue weighted by Crippen LogP contribution is -2.54. The first-order valence-electron chi connectivity index (χ1n) is 19.7. The molecule has 12 heteroatoms. The SMILES string of the molecule is COCCOC(=O)C1CC(C)(CCC2OC2(C)CCC2OC2(C)C)OC(CC2OC2(C)CCC2OC2(C)CCC2OC2(C)C)C1C(=O)OCCOC. The van der Waals surface area contributed by atoms with Crippen molar-refractivity contribution in [3.05, 3.63) is 0 Å². The zero-order valence-electron chi connectivity index (χ0n) is 33.4. The molecule has 6 saturated heterocycles. The molecule has 12 unspecified atom stereocenters. The maximum Gasteiger partial charge on any atom is 0.312 e. The van der Waals surface area contributed by atoms with Gasteiger partial charge in [0.05, 0.1) is 95.3 Å². The summed E-state index contributed by atoms with van der Waals surface area (Å²) in [5, 5.41) is 0. The molecule has 6 aliphatic heterocycles. The van der Waals surface area contributed by atoms with Gasteiger partial charge in [-0.25, -0.2) is 0 Å². The van der Waals surface area contributed by atoms with Crippen LogP contribution in [0.3, 0.4) is 0 Å². The van der Waals surface area contributed by atoms with Gasteiger partial charge >= 0.3 is 11.9 Å². The third-order valence-electron chi connectivity index (χ3n) is 13.1. The summed E-state index contributed by atoms with van der Waals surface area (Å²) < 4.78 is 58.9. The largest absolute Gasteiger partial charge is 0.463 e. The molecule has 12 nitrogen and oxygen atoms in total. The minimum atomic E-state index is -0.846. The molecule has 0 amide bonds. The summed E-state index contributed by atoms with van der Waals surface area (Å²) >= 11 is 0. The van der Waals surface area contributed by atoms with Gasteiger partial charge in [-0.05, 0) is 113 Å². The van der Waals surface area contributed by atoms with E-state index < -0.39 is 35.5 Å². The Morgan fingerprint density at radius 1 is 0.538 bits per heavy atom. The van der Waals surface area contributed by atoms with Crippen LogP contribution in [-0.4, -0.2) is 123 Å². The fraction of sp³-hybridized carbons (Fsp3) is 0.950. The van der Waals surface area contributed by atoms with Crippen LogP contribution in [0, 0.1) is 11.8 Å². The van der Waals surface area contributed by atoms with E-state index in [1.54, 1.807) is 14.2 Å². The van der Waals surface area contributed by atoms with Crippen molar-refractivity contribution in [2.45, 2.75) is 190 Å². The fourth-order valence-corrected chi connectivity index (χ4v) is 8.83. The Morgan fingerprint density at radius 2 is 0.962 bits per heavy atom. The number of methoxy groups -OCH3 is 2. The summed E-state index contributed by atoms with van der Waals surface area (Å²) in [4.78, 5) is 27.6. The molecule has 0 aromatic carbocycles. The van der Waals surface area contributed by atoms with Crippen LogP contribution in [0.25, 0.3) is 0 Å². The van der Waals surface area contributed by atoms with Crippen molar-refractivity contribution < 1.29 is 57.0 Å². The fourth-order valence-electron chi connectivity index (χ4n) is 8.83. The Morgan fingerprint density at radius 3 is 1.44 bits per heavy atom. The molecule has 0 bridgehead atoms. The van der Waals surface area contributed by atoms with Gasteiger partial charge < -0.3 is 47.4 Å². The number of rotatable bonds is 22. The molecular formula is C40H66O12. The smallest absolute Gasteiger partial charge is 0.312 e. The van der Waals surface area contributed by atoms with Crippen LogP contribution in [0.5, 0.6) is 0 Å². The average molecular weight is 739 g/mol. The molecule has 6 fully saturated rings. The topological polar surface area (TPSA) is 143 Å². The van der Waals surface area contributed by atoms with Gasteiger partial charge in [0.2, 0.25) is 0 Å². The standard InChI is InChI=1S/C40H66O12/c1-35(2)27(48-35)12-16-38(6)29(50-38)11-15-37(5)24-25(33(41)45-21-19-43-9)32(34(42)46-22-20-44-10)26(47-37)23-31-40(8,52-31)18-14-30-39(7,51-30)17-13-28-36(3,4)49-28/h25-32H,11-24H2,1-10H3. The van der Waals surface area contributed by atoms with E-state index in [4.69, 9.17) is 47.4 Å². The quantitative estimate of drug-likeness (QED) is 0.0788. The summed E-state index contributed by atoms with van der Waals surface area (Å²) in [6.07, 6.45) is 8.02. The normalized spacial score (nSPS) is 43.4. The Hall–Kier alpha value is -1.38. The van der Waals surface area contributed by atoms with Crippen molar-refractivity contribution in [3.8, 4) is 0 Å². The maximum atomic E-state index is 13.8. The molecule has 6 heterocycles. The Bertz CT molecular complexity index is 1290. The van der Waals surface area contributed by atoms with Crippen LogP contribution in [0.2, 0.25) is 0 Å². The van der Waals surface area contributed by atoms with Gasteiger partial charge in [0.25, 0.3) is 0 Å². The molecule has 6 aliphatic rings. The van der Waals surface area contributed by atoms with Gasteiger partial charge in [0.1, 0.15) is 13.2 Å². The van der Waals surface area contributed by atoms with Gasteiger partial charge in [0.15, 0.2) is 0 Å². The van der Waals surface area contributed by atoms with E-state index in [1.807, 2.05) is 6.92 Å². The predicted octanol–water partition coefficient (Wildman–Crippen LogP) is 5.48. The van der Waals surface area contributed by atoms with Crippen molar-refractivity contribution >= 4 is 11.9 Å². The maximum absolute atomic E-state index is 13.8. The summed E-state index contributed by atoms with van der Waals surface area (Å²) in [7, 11) is 3.11. The van der Waals surface area contributed by atoms with E-state index >= 15 is 0 Å². The monoisotopic (exact) mass is 738 g/mol. The highest BCUT2D eigenvalue weighted by molar-refractivity contribution is 5.83. The predicted molar refractivity (Wildman–Crippen MR) is 190 cm³/mol. The average Bonchev–Trinajstić information content (AvgIpc) is 3.97. The van der Waals surface area contributed by atoms with Crippen molar-refractivity contribution in [3.63, 3.8) is 0 Å². The van der Waals surface area contributed by atoms with Crippen LogP contribution in [0.1, 0.15) is 120 Å². The first-order valence-corrected chi connectivity index (χ1v) is 19.7. The van der Waals surface area contributed by atoms with Crippen LogP contribution in [-0.2, 0) is 57.0 Å². The third kappa shape index (κ3) is 9.52. The van der Waals surface area contributed by atoms with E-state index in [1.165, 1.54) is 0 Å². The Balaban J connectivity index is 1.09. The van der Waals surface area contributed by atoms with Crippen molar-refractivity contribution in [2.24, 2.45) is 11.8 Å². The number of ether oxygens (including phenoxy) is 10. The minimum absolute atomic E-state index is 0.0103. The first kappa shape index (κ1) is 40.3. The molecule has 0 N–H and O–H groups in total. The van der Waals surface area contributed by atoms with E-state index in [-0.39, 0.29) is 78.8 Å². The highest BCUT2D eigenvalue weighted by atomic mass is 16.6. The highest BCUT2D eigenvalue weighted by Crippen LogP contribution is 2.53. The molecule has 6 rings (SSSR count). The molecule has 0 aromatic heterocycles. The number of hydrogen-bond donors (Lipinski definition) is 0. The van der Waals surface area contributed by atoms with Crippen LogP contribution < -0.4 is 0 Å². The van der Waals surface area contributed by atoms with E-state index in [0.717, 1.165) is 44.9 Å². The van der Waals surface area contributed by atoms with Gasteiger partial charge in [-0.3, -0.25) is 9.59 Å². The van der Waals surface area contributed by atoms with Gasteiger partial charge in [-0.2, -0.15) is 0 Å². The second kappa shape index (κ2) is 14.9. The lowest BCUT2D eigenvalue weighted by atomic mass is 9.73. The van der Waals surface area contributed by atoms with Gasteiger partial charge in [0, 0.05) is 20.6 Å². The molecule has 298 valence electrons. The van der Waals surface area contributed by atoms with Gasteiger partial charge in [-0.1, -0.05) is 0 Å².